The average Bonchev–Trinajstić information content (AvgIpc) is 3.50. The molecule has 5 rings (SSSR count). The molecule has 1 aromatic heterocycles. The second-order valence-corrected chi connectivity index (χ2v) is 9.29. The van der Waals surface area contributed by atoms with E-state index in [1.165, 1.54) is 16.9 Å². The summed E-state index contributed by atoms with van der Waals surface area (Å²) in [6, 6.07) is 26.3. The van der Waals surface area contributed by atoms with Gasteiger partial charge in [-0.1, -0.05) is 72.8 Å². The van der Waals surface area contributed by atoms with E-state index in [4.69, 9.17) is 0 Å². The van der Waals surface area contributed by atoms with Crippen LogP contribution in [0.4, 0.5) is 10.8 Å². The third kappa shape index (κ3) is 4.63. The first-order valence-corrected chi connectivity index (χ1v) is 12.2. The fourth-order valence-corrected chi connectivity index (χ4v) is 5.22. The van der Waals surface area contributed by atoms with Gasteiger partial charge in [-0.25, -0.2) is 4.98 Å². The van der Waals surface area contributed by atoms with E-state index >= 15 is 0 Å². The molecule has 170 valence electrons. The van der Waals surface area contributed by atoms with Crippen molar-refractivity contribution in [2.45, 2.75) is 25.7 Å². The summed E-state index contributed by atoms with van der Waals surface area (Å²) in [6.45, 7) is 2.31. The van der Waals surface area contributed by atoms with Gasteiger partial charge in [0.25, 0.3) is 0 Å². The lowest BCUT2D eigenvalue weighted by molar-refractivity contribution is -0.117. The molecule has 2 amide bonds. The van der Waals surface area contributed by atoms with Crippen molar-refractivity contribution in [3.8, 4) is 11.3 Å². The van der Waals surface area contributed by atoms with E-state index in [0.717, 1.165) is 41.0 Å². The number of nitrogens with zero attached hydrogens (tertiary/aromatic N) is 2. The van der Waals surface area contributed by atoms with E-state index in [2.05, 4.69) is 40.6 Å². The van der Waals surface area contributed by atoms with E-state index in [1.807, 2.05) is 53.9 Å². The third-order valence-corrected chi connectivity index (χ3v) is 6.96. The van der Waals surface area contributed by atoms with Crippen molar-refractivity contribution >= 4 is 34.0 Å². The van der Waals surface area contributed by atoms with Gasteiger partial charge >= 0.3 is 0 Å². The van der Waals surface area contributed by atoms with Crippen molar-refractivity contribution in [2.75, 3.05) is 16.8 Å². The predicted octanol–water partition coefficient (Wildman–Crippen LogP) is 5.88. The van der Waals surface area contributed by atoms with Crippen LogP contribution in [0.2, 0.25) is 0 Å². The molecule has 0 unspecified atom stereocenters. The number of nitrogens with one attached hydrogen (secondary N) is 1. The summed E-state index contributed by atoms with van der Waals surface area (Å²) in [4.78, 5) is 31.4. The van der Waals surface area contributed by atoms with Gasteiger partial charge < -0.3 is 10.2 Å². The van der Waals surface area contributed by atoms with Crippen LogP contribution in [0.1, 0.15) is 36.0 Å². The van der Waals surface area contributed by atoms with Gasteiger partial charge in [-0.2, -0.15) is 0 Å². The summed E-state index contributed by atoms with van der Waals surface area (Å²) >= 11 is 1.41. The number of rotatable bonds is 6. The van der Waals surface area contributed by atoms with Gasteiger partial charge in [-0.05, 0) is 29.2 Å². The Labute approximate surface area is 203 Å². The number of hydrogen-bond acceptors (Lipinski definition) is 4. The standard InChI is InChI=1S/C28H25N3O2S/c1-19(32)31-15-14-22-12-13-23(16-26(22)31)25-18-34-28(29-25)30-27(33)17-24(20-8-4-2-5-9-20)21-10-6-3-7-11-21/h2-13,16,18,24H,14-15,17H2,1H3,(H,29,30,33). The molecule has 0 aliphatic carbocycles. The van der Waals surface area contributed by atoms with Crippen LogP contribution in [-0.2, 0) is 16.0 Å². The minimum atomic E-state index is -0.0738. The zero-order valence-electron chi connectivity index (χ0n) is 18.9. The number of carbonyl (C=O) groups is 2. The zero-order chi connectivity index (χ0) is 23.5. The van der Waals surface area contributed by atoms with Crippen LogP contribution >= 0.6 is 11.3 Å². The van der Waals surface area contributed by atoms with Crippen molar-refractivity contribution in [1.29, 1.82) is 0 Å². The minimum Gasteiger partial charge on any atom is -0.312 e. The van der Waals surface area contributed by atoms with Crippen LogP contribution in [0.15, 0.2) is 84.2 Å². The summed E-state index contributed by atoms with van der Waals surface area (Å²) < 4.78 is 0. The predicted molar refractivity (Wildman–Crippen MR) is 137 cm³/mol. The number of hydrogen-bond donors (Lipinski definition) is 1. The maximum atomic E-state index is 13.0. The third-order valence-electron chi connectivity index (χ3n) is 6.20. The smallest absolute Gasteiger partial charge is 0.227 e. The van der Waals surface area contributed by atoms with Crippen LogP contribution < -0.4 is 10.2 Å². The van der Waals surface area contributed by atoms with Crippen LogP contribution in [0.25, 0.3) is 11.3 Å². The summed E-state index contributed by atoms with van der Waals surface area (Å²) in [5, 5.41) is 5.50. The molecule has 3 aromatic carbocycles. The van der Waals surface area contributed by atoms with Gasteiger partial charge in [0.2, 0.25) is 11.8 Å². The summed E-state index contributed by atoms with van der Waals surface area (Å²) in [5.41, 5.74) is 6.08. The maximum Gasteiger partial charge on any atom is 0.227 e. The van der Waals surface area contributed by atoms with E-state index in [-0.39, 0.29) is 17.7 Å². The quantitative estimate of drug-likeness (QED) is 0.385. The second kappa shape index (κ2) is 9.61. The molecule has 2 heterocycles. The monoisotopic (exact) mass is 467 g/mol. The van der Waals surface area contributed by atoms with Gasteiger partial charge in [0, 0.05) is 42.4 Å². The Kier molecular flexibility index (Phi) is 6.23. The van der Waals surface area contributed by atoms with Crippen molar-refractivity contribution in [3.63, 3.8) is 0 Å². The van der Waals surface area contributed by atoms with Crippen LogP contribution in [-0.4, -0.2) is 23.3 Å². The largest absolute Gasteiger partial charge is 0.312 e. The Bertz CT molecular complexity index is 1280. The van der Waals surface area contributed by atoms with Crippen molar-refractivity contribution in [1.82, 2.24) is 4.98 Å². The number of fused-ring (bicyclic) bond motifs is 1. The maximum absolute atomic E-state index is 13.0. The van der Waals surface area contributed by atoms with Crippen LogP contribution in [0.5, 0.6) is 0 Å². The van der Waals surface area contributed by atoms with E-state index in [9.17, 15) is 9.59 Å². The average molecular weight is 468 g/mol. The molecule has 0 saturated heterocycles. The number of benzene rings is 3. The highest BCUT2D eigenvalue weighted by Gasteiger charge is 2.23. The van der Waals surface area contributed by atoms with Gasteiger partial charge in [0.15, 0.2) is 5.13 Å². The van der Waals surface area contributed by atoms with Crippen LogP contribution in [0.3, 0.4) is 0 Å². The number of carbonyl (C=O) groups excluding carboxylic acids is 2. The van der Waals surface area contributed by atoms with Crippen molar-refractivity contribution < 1.29 is 9.59 Å². The molecule has 0 atom stereocenters. The molecule has 0 fully saturated rings. The number of anilines is 2. The highest BCUT2D eigenvalue weighted by Crippen LogP contribution is 2.34. The molecule has 4 aromatic rings. The second-order valence-electron chi connectivity index (χ2n) is 8.43. The first kappa shape index (κ1) is 22.0. The molecule has 0 saturated carbocycles. The molecule has 1 aliphatic heterocycles. The molecule has 1 N–H and O–H groups in total. The molecule has 0 spiro atoms. The summed E-state index contributed by atoms with van der Waals surface area (Å²) in [5.74, 6) is -0.0556. The van der Waals surface area contributed by atoms with Crippen LogP contribution in [0, 0.1) is 0 Å². The Morgan fingerprint density at radius 3 is 2.32 bits per heavy atom. The Morgan fingerprint density at radius 1 is 1.00 bits per heavy atom. The molecule has 1 aliphatic rings. The van der Waals surface area contributed by atoms with Gasteiger partial charge in [-0.15, -0.1) is 11.3 Å². The van der Waals surface area contributed by atoms with E-state index in [0.29, 0.717) is 11.6 Å². The highest BCUT2D eigenvalue weighted by molar-refractivity contribution is 7.14. The zero-order valence-corrected chi connectivity index (χ0v) is 19.7. The number of amides is 2. The molecule has 6 heteroatoms. The number of thiazole rings is 1. The van der Waals surface area contributed by atoms with Crippen molar-refractivity contribution in [2.24, 2.45) is 0 Å². The molecule has 5 nitrogen and oxygen atoms in total. The Hall–Kier alpha value is -3.77. The lowest BCUT2D eigenvalue weighted by Crippen LogP contribution is -2.25. The normalized spacial score (nSPS) is 12.6. The topological polar surface area (TPSA) is 62.3 Å². The lowest BCUT2D eigenvalue weighted by Gasteiger charge is -2.17. The molecule has 34 heavy (non-hydrogen) atoms. The van der Waals surface area contributed by atoms with E-state index < -0.39 is 0 Å². The van der Waals surface area contributed by atoms with Gasteiger partial charge in [0.05, 0.1) is 5.69 Å². The summed E-state index contributed by atoms with van der Waals surface area (Å²) in [6.07, 6.45) is 1.20. The lowest BCUT2D eigenvalue weighted by atomic mass is 9.88. The fourth-order valence-electron chi connectivity index (χ4n) is 4.48. The highest BCUT2D eigenvalue weighted by atomic mass is 32.1. The molecule has 0 bridgehead atoms. The summed E-state index contributed by atoms with van der Waals surface area (Å²) in [7, 11) is 0. The Balaban J connectivity index is 1.32. The molecular formula is C28H25N3O2S. The fraction of sp³-hybridized carbons (Fsp3) is 0.179. The Morgan fingerprint density at radius 2 is 1.68 bits per heavy atom. The van der Waals surface area contributed by atoms with Gasteiger partial charge in [0.1, 0.15) is 0 Å². The van der Waals surface area contributed by atoms with Crippen molar-refractivity contribution in [3.05, 3.63) is 101 Å². The number of aromatic nitrogens is 1. The van der Waals surface area contributed by atoms with Gasteiger partial charge in [-0.3, -0.25) is 9.59 Å². The minimum absolute atomic E-state index is 0.0314. The molecular weight excluding hydrogens is 442 g/mol. The SMILES string of the molecule is CC(=O)N1CCc2ccc(-c3csc(NC(=O)CC(c4ccccc4)c4ccccc4)n3)cc21. The first-order chi connectivity index (χ1) is 16.6. The van der Waals surface area contributed by atoms with E-state index in [1.54, 1.807) is 11.8 Å². The molecule has 0 radical (unpaired) electrons. The first-order valence-electron chi connectivity index (χ1n) is 11.3.